The molecule has 0 bridgehead atoms. The Hall–Kier alpha value is -0.820. The first kappa shape index (κ1) is 11.7. The van der Waals surface area contributed by atoms with Crippen molar-refractivity contribution in [1.82, 2.24) is 5.32 Å². The molecule has 1 unspecified atom stereocenters. The lowest BCUT2D eigenvalue weighted by molar-refractivity contribution is 0.160. The second-order valence-electron chi connectivity index (χ2n) is 6.06. The first-order valence-electron chi connectivity index (χ1n) is 6.28. The second kappa shape index (κ2) is 3.89. The van der Waals surface area contributed by atoms with Crippen molar-refractivity contribution >= 4 is 0 Å². The van der Waals surface area contributed by atoms with Gasteiger partial charge in [0.25, 0.3) is 0 Å². The van der Waals surface area contributed by atoms with E-state index in [2.05, 4.69) is 57.3 Å². The fourth-order valence-corrected chi connectivity index (χ4v) is 2.97. The van der Waals surface area contributed by atoms with Crippen LogP contribution in [0.4, 0.5) is 0 Å². The Labute approximate surface area is 99.3 Å². The van der Waals surface area contributed by atoms with Gasteiger partial charge in [-0.3, -0.25) is 0 Å². The zero-order chi connectivity index (χ0) is 11.8. The van der Waals surface area contributed by atoms with Gasteiger partial charge in [0.05, 0.1) is 0 Å². The van der Waals surface area contributed by atoms with Crippen molar-refractivity contribution in [3.8, 4) is 0 Å². The summed E-state index contributed by atoms with van der Waals surface area (Å²) in [5.41, 5.74) is 3.24. The zero-order valence-electron chi connectivity index (χ0n) is 10.9. The highest BCUT2D eigenvalue weighted by molar-refractivity contribution is 5.32. The van der Waals surface area contributed by atoms with E-state index in [-0.39, 0.29) is 11.0 Å². The summed E-state index contributed by atoms with van der Waals surface area (Å²) in [5, 5.41) is 3.75. The maximum Gasteiger partial charge on any atom is 0.0484 e. The largest absolute Gasteiger partial charge is 0.307 e. The van der Waals surface area contributed by atoms with E-state index in [1.54, 1.807) is 0 Å². The molecule has 1 aliphatic heterocycles. The Kier molecular flexibility index (Phi) is 2.83. The van der Waals surface area contributed by atoms with Gasteiger partial charge >= 0.3 is 0 Å². The van der Waals surface area contributed by atoms with Crippen molar-refractivity contribution in [3.05, 3.63) is 35.4 Å². The second-order valence-corrected chi connectivity index (χ2v) is 6.06. The molecule has 0 spiro atoms. The number of nitrogens with one attached hydrogen (secondary N) is 1. The van der Waals surface area contributed by atoms with Crippen LogP contribution in [-0.2, 0) is 5.54 Å². The van der Waals surface area contributed by atoms with Crippen LogP contribution in [0, 0.1) is 12.3 Å². The number of hydrogen-bond acceptors (Lipinski definition) is 1. The van der Waals surface area contributed by atoms with E-state index in [0.717, 1.165) is 6.54 Å². The zero-order valence-corrected chi connectivity index (χ0v) is 10.9. The van der Waals surface area contributed by atoms with E-state index in [9.17, 15) is 0 Å². The van der Waals surface area contributed by atoms with Gasteiger partial charge in [-0.15, -0.1) is 0 Å². The highest BCUT2D eigenvalue weighted by atomic mass is 15.0. The minimum Gasteiger partial charge on any atom is -0.307 e. The van der Waals surface area contributed by atoms with E-state index in [1.807, 2.05) is 0 Å². The van der Waals surface area contributed by atoms with Crippen LogP contribution < -0.4 is 5.32 Å². The summed E-state index contributed by atoms with van der Waals surface area (Å²) in [4.78, 5) is 0. The van der Waals surface area contributed by atoms with Gasteiger partial charge in [0.1, 0.15) is 0 Å². The monoisotopic (exact) mass is 217 g/mol. The van der Waals surface area contributed by atoms with Gasteiger partial charge < -0.3 is 5.32 Å². The summed E-state index contributed by atoms with van der Waals surface area (Å²) in [7, 11) is 0. The van der Waals surface area contributed by atoms with Crippen molar-refractivity contribution < 1.29 is 0 Å². The first-order valence-corrected chi connectivity index (χ1v) is 6.28. The molecule has 88 valence electrons. The predicted molar refractivity (Wildman–Crippen MR) is 69.5 cm³/mol. The molecule has 0 amide bonds. The smallest absolute Gasteiger partial charge is 0.0484 e. The van der Waals surface area contributed by atoms with E-state index < -0.39 is 0 Å². The summed E-state index contributed by atoms with van der Waals surface area (Å²) < 4.78 is 0. The molecule has 1 heterocycles. The molecule has 0 radical (unpaired) electrons. The third-order valence-electron chi connectivity index (χ3n) is 3.95. The fourth-order valence-electron chi connectivity index (χ4n) is 2.97. The summed E-state index contributed by atoms with van der Waals surface area (Å²) in [6.07, 6.45) is 2.53. The summed E-state index contributed by atoms with van der Waals surface area (Å²) >= 11 is 0. The summed E-state index contributed by atoms with van der Waals surface area (Å²) in [6, 6.07) is 8.97. The number of aryl methyl sites for hydroxylation is 1. The van der Waals surface area contributed by atoms with Gasteiger partial charge in [-0.05, 0) is 37.3 Å². The topological polar surface area (TPSA) is 12.0 Å². The van der Waals surface area contributed by atoms with E-state index in [0.29, 0.717) is 0 Å². The SMILES string of the molecule is Cc1cccc(C2(C(C)(C)C)CCCN2)c1. The lowest BCUT2D eigenvalue weighted by Gasteiger charge is -2.43. The molecule has 1 N–H and O–H groups in total. The normalized spacial score (nSPS) is 26.0. The van der Waals surface area contributed by atoms with Crippen molar-refractivity contribution in [2.45, 2.75) is 46.1 Å². The van der Waals surface area contributed by atoms with Gasteiger partial charge in [-0.2, -0.15) is 0 Å². The third kappa shape index (κ3) is 1.78. The fraction of sp³-hybridized carbons (Fsp3) is 0.600. The minimum absolute atomic E-state index is 0.166. The Bertz CT molecular complexity index is 367. The molecular weight excluding hydrogens is 194 g/mol. The van der Waals surface area contributed by atoms with E-state index >= 15 is 0 Å². The van der Waals surface area contributed by atoms with Crippen LogP contribution in [0.3, 0.4) is 0 Å². The van der Waals surface area contributed by atoms with Crippen LogP contribution in [-0.4, -0.2) is 6.54 Å². The quantitative estimate of drug-likeness (QED) is 0.757. The van der Waals surface area contributed by atoms with Gasteiger partial charge in [0.2, 0.25) is 0 Å². The average molecular weight is 217 g/mol. The van der Waals surface area contributed by atoms with Gasteiger partial charge in [0, 0.05) is 5.54 Å². The molecule has 1 aliphatic rings. The van der Waals surface area contributed by atoms with Crippen LogP contribution in [0.5, 0.6) is 0 Å². The molecule has 0 saturated carbocycles. The molecule has 1 nitrogen and oxygen atoms in total. The summed E-state index contributed by atoms with van der Waals surface area (Å²) in [5.74, 6) is 0. The van der Waals surface area contributed by atoms with E-state index in [1.165, 1.54) is 24.0 Å². The Morgan fingerprint density at radius 2 is 2.00 bits per heavy atom. The lowest BCUT2D eigenvalue weighted by Crippen LogP contribution is -2.48. The Morgan fingerprint density at radius 1 is 1.25 bits per heavy atom. The van der Waals surface area contributed by atoms with Gasteiger partial charge in [0.15, 0.2) is 0 Å². The van der Waals surface area contributed by atoms with Crippen LogP contribution in [0.2, 0.25) is 0 Å². The van der Waals surface area contributed by atoms with Crippen molar-refractivity contribution in [2.75, 3.05) is 6.54 Å². The maximum atomic E-state index is 3.75. The Morgan fingerprint density at radius 3 is 2.50 bits per heavy atom. The Balaban J connectivity index is 2.48. The van der Waals surface area contributed by atoms with Crippen molar-refractivity contribution in [2.24, 2.45) is 5.41 Å². The molecule has 1 fully saturated rings. The van der Waals surface area contributed by atoms with Crippen LogP contribution >= 0.6 is 0 Å². The minimum atomic E-state index is 0.166. The van der Waals surface area contributed by atoms with Crippen molar-refractivity contribution in [1.29, 1.82) is 0 Å². The third-order valence-corrected chi connectivity index (χ3v) is 3.95. The number of benzene rings is 1. The molecule has 2 rings (SSSR count). The highest BCUT2D eigenvalue weighted by Gasteiger charge is 2.45. The molecule has 0 aromatic heterocycles. The van der Waals surface area contributed by atoms with Gasteiger partial charge in [-0.1, -0.05) is 50.6 Å². The molecule has 1 atom stereocenters. The van der Waals surface area contributed by atoms with Gasteiger partial charge in [-0.25, -0.2) is 0 Å². The van der Waals surface area contributed by atoms with Crippen LogP contribution in [0.25, 0.3) is 0 Å². The predicted octanol–water partition coefficient (Wildman–Crippen LogP) is 3.62. The molecule has 1 saturated heterocycles. The van der Waals surface area contributed by atoms with Crippen LogP contribution in [0.15, 0.2) is 24.3 Å². The maximum absolute atomic E-state index is 3.75. The lowest BCUT2D eigenvalue weighted by atomic mass is 9.68. The molecule has 1 aromatic rings. The molecule has 1 heteroatoms. The number of rotatable bonds is 1. The van der Waals surface area contributed by atoms with Crippen molar-refractivity contribution in [3.63, 3.8) is 0 Å². The molecule has 1 aromatic carbocycles. The van der Waals surface area contributed by atoms with Crippen LogP contribution in [0.1, 0.15) is 44.7 Å². The molecule has 0 aliphatic carbocycles. The molecular formula is C15H23N. The standard InChI is InChI=1S/C15H23N/c1-12-7-5-8-13(11-12)15(14(2,3)4)9-6-10-16-15/h5,7-8,11,16H,6,9-10H2,1-4H3. The number of hydrogen-bond donors (Lipinski definition) is 1. The first-order chi connectivity index (χ1) is 7.46. The average Bonchev–Trinajstić information content (AvgIpc) is 2.66. The summed E-state index contributed by atoms with van der Waals surface area (Å²) in [6.45, 7) is 10.3. The molecule has 16 heavy (non-hydrogen) atoms. The highest BCUT2D eigenvalue weighted by Crippen LogP contribution is 2.45. The van der Waals surface area contributed by atoms with E-state index in [4.69, 9.17) is 0 Å².